The average molecular weight is 878 g/mol. The van der Waals surface area contributed by atoms with Crippen LogP contribution in [0.15, 0.2) is 119 Å². The van der Waals surface area contributed by atoms with E-state index in [4.69, 9.17) is 22.3 Å². The fourth-order valence-corrected chi connectivity index (χ4v) is 7.28. The maximum atomic E-state index is 12.9. The van der Waals surface area contributed by atoms with E-state index in [0.29, 0.717) is 66.9 Å². The standard InChI is InChI=1S/C25H27N5O2.C16H18N2O3.C8H10N4/c1-17-15-27-22(9-5-8-18-6-3-2-4-7-18)24(32)30(17)16-20(31)12-10-19-11-13-21-23(14-19)29-25(26)28-21;1-12-10-17-14(16(21)18(12)11-15(19)20)9-5-8-13-6-3-2-4-7-13;9-4-5-1-2-6-7(3-5)12-8(10)11-6/h2-4,6-7,11,13-15H,5,8-10,12,16H2,1H3,(H3,26,28,29);2-4,6-7,10H,5,8-9,11H2,1H3,(H,19,20);1-3H,4,9H2,(H3,10,11,12). The van der Waals surface area contributed by atoms with Gasteiger partial charge in [0.25, 0.3) is 11.1 Å². The molecule has 336 valence electrons. The van der Waals surface area contributed by atoms with Crippen LogP contribution in [0.3, 0.4) is 0 Å². The molecule has 0 aliphatic heterocycles. The number of ketones is 1. The molecule has 0 unspecified atom stereocenters. The number of aromatic amines is 2. The van der Waals surface area contributed by atoms with Crippen molar-refractivity contribution in [1.29, 1.82) is 0 Å². The number of carbonyl (C=O) groups is 2. The van der Waals surface area contributed by atoms with E-state index >= 15 is 0 Å². The second-order valence-corrected chi connectivity index (χ2v) is 15.7. The van der Waals surface area contributed by atoms with Gasteiger partial charge in [-0.05, 0) is 105 Å². The predicted molar refractivity (Wildman–Crippen MR) is 253 cm³/mol. The molecule has 8 aromatic rings. The fourth-order valence-electron chi connectivity index (χ4n) is 7.28. The van der Waals surface area contributed by atoms with Crippen molar-refractivity contribution in [3.05, 3.63) is 175 Å². The number of Topliss-reactive ketones (excluding diaryl/α,β-unsaturated/α-hetero) is 1. The van der Waals surface area contributed by atoms with Crippen LogP contribution in [0.1, 0.15) is 64.3 Å². The number of imidazole rings is 2. The molecule has 0 saturated carbocycles. The Balaban J connectivity index is 0.000000181. The van der Waals surface area contributed by atoms with Crippen LogP contribution in [0.5, 0.6) is 0 Å². The van der Waals surface area contributed by atoms with E-state index in [9.17, 15) is 19.2 Å². The fraction of sp³-hybridized carbons (Fsp3) is 0.265. The van der Waals surface area contributed by atoms with Gasteiger partial charge in [0.05, 0.1) is 28.6 Å². The number of carboxylic acid groups (broad SMARTS) is 1. The second kappa shape index (κ2) is 22.6. The van der Waals surface area contributed by atoms with E-state index < -0.39 is 5.97 Å². The number of nitrogens with one attached hydrogen (secondary N) is 2. The predicted octanol–water partition coefficient (Wildman–Crippen LogP) is 5.80. The van der Waals surface area contributed by atoms with E-state index in [0.717, 1.165) is 58.9 Å². The zero-order valence-electron chi connectivity index (χ0n) is 36.7. The molecule has 8 rings (SSSR count). The Labute approximate surface area is 375 Å². The molecule has 0 bridgehead atoms. The van der Waals surface area contributed by atoms with Crippen LogP contribution in [-0.2, 0) is 61.3 Å². The van der Waals surface area contributed by atoms with Crippen molar-refractivity contribution in [2.75, 3.05) is 11.5 Å². The van der Waals surface area contributed by atoms with Gasteiger partial charge in [0.1, 0.15) is 17.9 Å². The number of H-pyrrole nitrogens is 2. The third-order valence-electron chi connectivity index (χ3n) is 10.8. The quantitative estimate of drug-likeness (QED) is 0.0673. The molecule has 0 aliphatic carbocycles. The summed E-state index contributed by atoms with van der Waals surface area (Å²) in [5, 5.41) is 8.85. The van der Waals surface area contributed by atoms with Crippen LogP contribution >= 0.6 is 0 Å². The van der Waals surface area contributed by atoms with E-state index in [1.807, 2.05) is 91.9 Å². The van der Waals surface area contributed by atoms with Crippen molar-refractivity contribution in [3.63, 3.8) is 0 Å². The normalized spacial score (nSPS) is 10.9. The van der Waals surface area contributed by atoms with Crippen LogP contribution < -0.4 is 28.3 Å². The number of aliphatic carboxylic acids is 1. The number of nitrogen functional groups attached to an aromatic ring is 2. The third-order valence-corrected chi connectivity index (χ3v) is 10.8. The van der Waals surface area contributed by atoms with Crippen LogP contribution in [0.2, 0.25) is 0 Å². The Morgan fingerprint density at radius 2 is 1.06 bits per heavy atom. The van der Waals surface area contributed by atoms with Gasteiger partial charge in [-0.3, -0.25) is 33.7 Å². The van der Waals surface area contributed by atoms with Crippen LogP contribution in [0.25, 0.3) is 22.1 Å². The number of aromatic nitrogens is 8. The third kappa shape index (κ3) is 13.4. The lowest BCUT2D eigenvalue weighted by atomic mass is 10.1. The number of nitrogens with zero attached hydrogens (tertiary/aromatic N) is 6. The second-order valence-electron chi connectivity index (χ2n) is 15.7. The number of benzene rings is 4. The summed E-state index contributed by atoms with van der Waals surface area (Å²) < 4.78 is 2.80. The first kappa shape index (κ1) is 46.8. The molecule has 16 nitrogen and oxygen atoms in total. The summed E-state index contributed by atoms with van der Waals surface area (Å²) >= 11 is 0. The first-order chi connectivity index (χ1) is 31.4. The molecule has 4 aromatic carbocycles. The summed E-state index contributed by atoms with van der Waals surface area (Å²) in [4.78, 5) is 71.3. The summed E-state index contributed by atoms with van der Waals surface area (Å²) in [7, 11) is 0. The summed E-state index contributed by atoms with van der Waals surface area (Å²) in [5.41, 5.74) is 26.4. The molecular formula is C49H55N11O5. The van der Waals surface area contributed by atoms with E-state index in [-0.39, 0.29) is 30.0 Å². The Morgan fingerprint density at radius 1 is 0.600 bits per heavy atom. The van der Waals surface area contributed by atoms with Crippen molar-refractivity contribution < 1.29 is 14.7 Å². The summed E-state index contributed by atoms with van der Waals surface area (Å²) in [6.45, 7) is 3.78. The lowest BCUT2D eigenvalue weighted by Crippen LogP contribution is -2.30. The highest BCUT2D eigenvalue weighted by molar-refractivity contribution is 5.80. The molecule has 0 atom stereocenters. The molecule has 0 radical (unpaired) electrons. The SMILES string of the molecule is Cc1cnc(CCCc2ccccc2)c(=O)n1CC(=O)CCc1ccc2nc(N)[nH]c2c1.Cc1cnc(CCCc2ccccc2)c(=O)n1CC(=O)O.NCc1ccc2nc(N)[nH]c2c1. The van der Waals surface area contributed by atoms with Gasteiger partial charge in [-0.15, -0.1) is 0 Å². The Morgan fingerprint density at radius 3 is 1.54 bits per heavy atom. The summed E-state index contributed by atoms with van der Waals surface area (Å²) in [6, 6.07) is 31.8. The zero-order valence-corrected chi connectivity index (χ0v) is 36.7. The molecule has 0 spiro atoms. The summed E-state index contributed by atoms with van der Waals surface area (Å²) in [5.74, 6) is -0.193. The molecule has 0 saturated heterocycles. The number of nitrogens with two attached hydrogens (primary N) is 3. The molecule has 65 heavy (non-hydrogen) atoms. The molecule has 0 amide bonds. The van der Waals surface area contributed by atoms with Crippen molar-refractivity contribution in [2.45, 2.75) is 84.8 Å². The molecular weight excluding hydrogens is 823 g/mol. The lowest BCUT2D eigenvalue weighted by molar-refractivity contribution is -0.137. The molecule has 9 N–H and O–H groups in total. The molecule has 4 heterocycles. The van der Waals surface area contributed by atoms with Gasteiger partial charge in [0.15, 0.2) is 17.7 Å². The topological polar surface area (TPSA) is 260 Å². The van der Waals surface area contributed by atoms with Crippen molar-refractivity contribution in [2.24, 2.45) is 5.73 Å². The Hall–Kier alpha value is -7.72. The number of anilines is 2. The number of rotatable bonds is 16. The number of fused-ring (bicyclic) bond motifs is 2. The molecule has 0 aliphatic rings. The Kier molecular flexibility index (Phi) is 16.2. The number of aryl methyl sites for hydroxylation is 7. The van der Waals surface area contributed by atoms with E-state index in [2.05, 4.69) is 42.0 Å². The van der Waals surface area contributed by atoms with Crippen LogP contribution in [0.4, 0.5) is 11.9 Å². The van der Waals surface area contributed by atoms with Gasteiger partial charge < -0.3 is 36.8 Å². The largest absolute Gasteiger partial charge is 0.480 e. The van der Waals surface area contributed by atoms with Gasteiger partial charge in [0, 0.05) is 36.7 Å². The number of hydrogen-bond donors (Lipinski definition) is 6. The van der Waals surface area contributed by atoms with E-state index in [1.54, 1.807) is 23.9 Å². The monoisotopic (exact) mass is 877 g/mol. The van der Waals surface area contributed by atoms with Gasteiger partial charge in [0.2, 0.25) is 0 Å². The van der Waals surface area contributed by atoms with Crippen molar-refractivity contribution in [3.8, 4) is 0 Å². The molecule has 16 heteroatoms. The van der Waals surface area contributed by atoms with Crippen molar-refractivity contribution >= 4 is 45.7 Å². The minimum atomic E-state index is -1.03. The maximum absolute atomic E-state index is 12.9. The van der Waals surface area contributed by atoms with Gasteiger partial charge >= 0.3 is 5.97 Å². The summed E-state index contributed by atoms with van der Waals surface area (Å²) in [6.07, 6.45) is 8.74. The maximum Gasteiger partial charge on any atom is 0.323 e. The highest BCUT2D eigenvalue weighted by atomic mass is 16.4. The average Bonchev–Trinajstić information content (AvgIpc) is 3.88. The van der Waals surface area contributed by atoms with Crippen LogP contribution in [-0.4, -0.2) is 55.9 Å². The number of hydrogen-bond acceptors (Lipinski definition) is 11. The highest BCUT2D eigenvalue weighted by Crippen LogP contribution is 2.17. The highest BCUT2D eigenvalue weighted by Gasteiger charge is 2.14. The van der Waals surface area contributed by atoms with Gasteiger partial charge in [-0.2, -0.15) is 0 Å². The first-order valence-electron chi connectivity index (χ1n) is 21.5. The minimum Gasteiger partial charge on any atom is -0.480 e. The zero-order chi connectivity index (χ0) is 46.3. The van der Waals surface area contributed by atoms with Crippen molar-refractivity contribution in [1.82, 2.24) is 39.0 Å². The lowest BCUT2D eigenvalue weighted by Gasteiger charge is -2.11. The van der Waals surface area contributed by atoms with Crippen LogP contribution in [0, 0.1) is 13.8 Å². The minimum absolute atomic E-state index is 0.0147. The molecule has 0 fully saturated rings. The van der Waals surface area contributed by atoms with Gasteiger partial charge in [-0.1, -0.05) is 72.8 Å². The number of carboxylic acids is 1. The first-order valence-corrected chi connectivity index (χ1v) is 21.5. The van der Waals surface area contributed by atoms with E-state index in [1.165, 1.54) is 15.7 Å². The smallest absolute Gasteiger partial charge is 0.323 e. The Bertz CT molecular complexity index is 2980. The van der Waals surface area contributed by atoms with Gasteiger partial charge in [-0.25, -0.2) is 9.97 Å². The molecule has 4 aromatic heterocycles. The number of carbonyl (C=O) groups excluding carboxylic acids is 1.